The van der Waals surface area contributed by atoms with Gasteiger partial charge in [-0.1, -0.05) is 30.3 Å². The number of nitrogens with zero attached hydrogens (tertiary/aromatic N) is 1. The van der Waals surface area contributed by atoms with Gasteiger partial charge in [0.05, 0.1) is 18.3 Å². The first-order valence-electron chi connectivity index (χ1n) is 8.53. The van der Waals surface area contributed by atoms with Crippen LogP contribution in [-0.2, 0) is 11.2 Å². The number of hydrogen-bond acceptors (Lipinski definition) is 3. The van der Waals surface area contributed by atoms with Gasteiger partial charge in [0.15, 0.2) is 0 Å². The first-order chi connectivity index (χ1) is 11.6. The smallest absolute Gasteiger partial charge is 0.246 e. The Morgan fingerprint density at radius 3 is 2.75 bits per heavy atom. The van der Waals surface area contributed by atoms with Gasteiger partial charge in [-0.25, -0.2) is 0 Å². The number of amides is 1. The van der Waals surface area contributed by atoms with Crippen LogP contribution in [0.1, 0.15) is 25.8 Å². The van der Waals surface area contributed by atoms with E-state index in [-0.39, 0.29) is 18.6 Å². The summed E-state index contributed by atoms with van der Waals surface area (Å²) in [5.74, 6) is 0.862. The molecule has 0 unspecified atom stereocenters. The van der Waals surface area contributed by atoms with Crippen LogP contribution in [0.15, 0.2) is 48.5 Å². The minimum Gasteiger partial charge on any atom is -0.489 e. The third-order valence-electron chi connectivity index (χ3n) is 4.09. The minimum atomic E-state index is 0.0847. The molecule has 0 atom stereocenters. The van der Waals surface area contributed by atoms with E-state index in [1.165, 1.54) is 5.56 Å². The maximum atomic E-state index is 12.7. The molecular formula is C20H24N2O2. The van der Waals surface area contributed by atoms with Gasteiger partial charge in [0, 0.05) is 12.2 Å². The van der Waals surface area contributed by atoms with Crippen molar-refractivity contribution >= 4 is 17.3 Å². The van der Waals surface area contributed by atoms with E-state index in [9.17, 15) is 4.79 Å². The van der Waals surface area contributed by atoms with Crippen molar-refractivity contribution in [3.63, 3.8) is 0 Å². The molecule has 0 spiro atoms. The summed E-state index contributed by atoms with van der Waals surface area (Å²) in [6.45, 7) is 5.02. The topological polar surface area (TPSA) is 41.6 Å². The molecule has 24 heavy (non-hydrogen) atoms. The largest absolute Gasteiger partial charge is 0.489 e. The lowest BCUT2D eigenvalue weighted by atomic mass is 10.0. The Morgan fingerprint density at radius 1 is 1.17 bits per heavy atom. The molecule has 2 aromatic rings. The number of hydrogen-bond donors (Lipinski definition) is 1. The SMILES string of the molecule is CC(C)Oc1ccccc1NCC(=O)N1CCCc2ccccc21. The Bertz CT molecular complexity index is 712. The van der Waals surface area contributed by atoms with E-state index < -0.39 is 0 Å². The van der Waals surface area contributed by atoms with Gasteiger partial charge in [0.25, 0.3) is 0 Å². The molecule has 1 aliphatic heterocycles. The molecule has 0 aromatic heterocycles. The van der Waals surface area contributed by atoms with Gasteiger partial charge in [-0.3, -0.25) is 4.79 Å². The van der Waals surface area contributed by atoms with Crippen molar-refractivity contribution in [3.05, 3.63) is 54.1 Å². The highest BCUT2D eigenvalue weighted by molar-refractivity contribution is 5.97. The summed E-state index contributed by atoms with van der Waals surface area (Å²) in [5, 5.41) is 3.23. The van der Waals surface area contributed by atoms with Gasteiger partial charge < -0.3 is 15.0 Å². The van der Waals surface area contributed by atoms with Crippen LogP contribution in [0.4, 0.5) is 11.4 Å². The van der Waals surface area contributed by atoms with Gasteiger partial charge in [-0.05, 0) is 50.5 Å². The molecule has 2 aromatic carbocycles. The molecule has 1 N–H and O–H groups in total. The number of carbonyl (C=O) groups excluding carboxylic acids is 1. The van der Waals surface area contributed by atoms with Gasteiger partial charge in [0.2, 0.25) is 5.91 Å². The number of ether oxygens (including phenoxy) is 1. The third-order valence-corrected chi connectivity index (χ3v) is 4.09. The van der Waals surface area contributed by atoms with E-state index in [1.54, 1.807) is 0 Å². The lowest BCUT2D eigenvalue weighted by molar-refractivity contribution is -0.117. The van der Waals surface area contributed by atoms with Crippen molar-refractivity contribution in [2.75, 3.05) is 23.3 Å². The molecule has 1 heterocycles. The van der Waals surface area contributed by atoms with Crippen molar-refractivity contribution in [1.82, 2.24) is 0 Å². The van der Waals surface area contributed by atoms with Crippen LogP contribution in [0.5, 0.6) is 5.75 Å². The number of anilines is 2. The second-order valence-corrected chi connectivity index (χ2v) is 6.29. The molecular weight excluding hydrogens is 300 g/mol. The molecule has 0 saturated carbocycles. The summed E-state index contributed by atoms with van der Waals surface area (Å²) < 4.78 is 5.79. The molecule has 4 heteroatoms. The average molecular weight is 324 g/mol. The Labute approximate surface area is 143 Å². The summed E-state index contributed by atoms with van der Waals surface area (Å²) >= 11 is 0. The lowest BCUT2D eigenvalue weighted by Crippen LogP contribution is -2.39. The highest BCUT2D eigenvalue weighted by Crippen LogP contribution is 2.28. The van der Waals surface area contributed by atoms with E-state index in [0.717, 1.165) is 36.5 Å². The van der Waals surface area contributed by atoms with Crippen molar-refractivity contribution in [2.24, 2.45) is 0 Å². The average Bonchev–Trinajstić information content (AvgIpc) is 2.60. The van der Waals surface area contributed by atoms with Gasteiger partial charge in [-0.2, -0.15) is 0 Å². The second-order valence-electron chi connectivity index (χ2n) is 6.29. The lowest BCUT2D eigenvalue weighted by Gasteiger charge is -2.29. The molecule has 126 valence electrons. The van der Waals surface area contributed by atoms with Crippen LogP contribution >= 0.6 is 0 Å². The molecule has 0 bridgehead atoms. The number of para-hydroxylation sites is 3. The van der Waals surface area contributed by atoms with E-state index in [1.807, 2.05) is 61.2 Å². The van der Waals surface area contributed by atoms with E-state index in [2.05, 4.69) is 11.4 Å². The van der Waals surface area contributed by atoms with Crippen LogP contribution < -0.4 is 15.0 Å². The summed E-state index contributed by atoms with van der Waals surface area (Å²) in [5.41, 5.74) is 3.15. The number of aryl methyl sites for hydroxylation is 1. The number of benzene rings is 2. The highest BCUT2D eigenvalue weighted by atomic mass is 16.5. The van der Waals surface area contributed by atoms with Crippen LogP contribution in [-0.4, -0.2) is 25.1 Å². The fourth-order valence-electron chi connectivity index (χ4n) is 3.03. The molecule has 3 rings (SSSR count). The summed E-state index contributed by atoms with van der Waals surface area (Å²) in [6, 6.07) is 15.9. The standard InChI is InChI=1S/C20H24N2O2/c1-15(2)24-19-12-6-4-10-17(19)21-14-20(23)22-13-7-9-16-8-3-5-11-18(16)22/h3-6,8,10-12,15,21H,7,9,13-14H2,1-2H3. The van der Waals surface area contributed by atoms with Crippen molar-refractivity contribution in [3.8, 4) is 5.75 Å². The van der Waals surface area contributed by atoms with E-state index in [4.69, 9.17) is 4.74 Å². The minimum absolute atomic E-state index is 0.0847. The fraction of sp³-hybridized carbons (Fsp3) is 0.350. The molecule has 0 aliphatic carbocycles. The maximum absolute atomic E-state index is 12.7. The normalized spacial score (nSPS) is 13.5. The van der Waals surface area contributed by atoms with E-state index >= 15 is 0 Å². The second kappa shape index (κ2) is 7.39. The van der Waals surface area contributed by atoms with E-state index in [0.29, 0.717) is 0 Å². The summed E-state index contributed by atoms with van der Waals surface area (Å²) in [4.78, 5) is 14.6. The first kappa shape index (κ1) is 16.4. The first-order valence-corrected chi connectivity index (χ1v) is 8.53. The fourth-order valence-corrected chi connectivity index (χ4v) is 3.03. The van der Waals surface area contributed by atoms with Crippen LogP contribution in [0.2, 0.25) is 0 Å². The van der Waals surface area contributed by atoms with Gasteiger partial charge in [0.1, 0.15) is 5.75 Å². The zero-order valence-electron chi connectivity index (χ0n) is 14.3. The Morgan fingerprint density at radius 2 is 1.92 bits per heavy atom. The summed E-state index contributed by atoms with van der Waals surface area (Å²) in [7, 11) is 0. The zero-order chi connectivity index (χ0) is 16.9. The predicted molar refractivity (Wildman–Crippen MR) is 97.8 cm³/mol. The highest BCUT2D eigenvalue weighted by Gasteiger charge is 2.21. The quantitative estimate of drug-likeness (QED) is 0.908. The molecule has 4 nitrogen and oxygen atoms in total. The maximum Gasteiger partial charge on any atom is 0.246 e. The third kappa shape index (κ3) is 3.70. The number of nitrogens with one attached hydrogen (secondary N) is 1. The predicted octanol–water partition coefficient (Wildman–Crippen LogP) is 3.87. The number of rotatable bonds is 5. The van der Waals surface area contributed by atoms with Crippen LogP contribution in [0.3, 0.4) is 0 Å². The number of fused-ring (bicyclic) bond motifs is 1. The van der Waals surface area contributed by atoms with Crippen molar-refractivity contribution in [1.29, 1.82) is 0 Å². The van der Waals surface area contributed by atoms with Crippen molar-refractivity contribution < 1.29 is 9.53 Å². The Kier molecular flexibility index (Phi) is 5.04. The zero-order valence-corrected chi connectivity index (χ0v) is 14.3. The van der Waals surface area contributed by atoms with Crippen LogP contribution in [0, 0.1) is 0 Å². The molecule has 1 aliphatic rings. The molecule has 1 amide bonds. The van der Waals surface area contributed by atoms with Crippen LogP contribution in [0.25, 0.3) is 0 Å². The van der Waals surface area contributed by atoms with Gasteiger partial charge >= 0.3 is 0 Å². The monoisotopic (exact) mass is 324 g/mol. The number of carbonyl (C=O) groups is 1. The Hall–Kier alpha value is -2.49. The molecule has 0 fully saturated rings. The molecule has 0 saturated heterocycles. The Balaban J connectivity index is 1.69. The van der Waals surface area contributed by atoms with Crippen molar-refractivity contribution in [2.45, 2.75) is 32.8 Å². The molecule has 0 radical (unpaired) electrons. The van der Waals surface area contributed by atoms with Gasteiger partial charge in [-0.15, -0.1) is 0 Å². The summed E-state index contributed by atoms with van der Waals surface area (Å²) in [6.07, 6.45) is 2.14.